The normalized spacial score (nSPS) is 14.4. The van der Waals surface area contributed by atoms with Crippen molar-refractivity contribution in [2.45, 2.75) is 20.8 Å². The van der Waals surface area contributed by atoms with Gasteiger partial charge in [0.2, 0.25) is 5.91 Å². The van der Waals surface area contributed by atoms with E-state index in [1.54, 1.807) is 29.1 Å². The molecule has 2 aromatic carbocycles. The molecule has 1 aliphatic heterocycles. The largest absolute Gasteiger partial charge is 0.493 e. The molecule has 0 spiro atoms. The molecule has 0 unspecified atom stereocenters. The van der Waals surface area contributed by atoms with Gasteiger partial charge in [0.05, 0.1) is 19.5 Å². The van der Waals surface area contributed by atoms with E-state index in [2.05, 4.69) is 0 Å². The molecule has 0 atom stereocenters. The summed E-state index contributed by atoms with van der Waals surface area (Å²) in [6.07, 6.45) is 3.07. The van der Waals surface area contributed by atoms with Crippen LogP contribution in [0.1, 0.15) is 26.3 Å². The van der Waals surface area contributed by atoms with E-state index in [0.717, 1.165) is 33.2 Å². The first-order valence-corrected chi connectivity index (χ1v) is 11.6. The van der Waals surface area contributed by atoms with Gasteiger partial charge in [-0.3, -0.25) is 4.79 Å². The molecular formula is C27H30N2O5. The molecule has 178 valence electrons. The molecule has 1 aliphatic rings. The molecule has 1 saturated heterocycles. The highest BCUT2D eigenvalue weighted by Gasteiger charge is 2.24. The molecule has 0 radical (unpaired) electrons. The summed E-state index contributed by atoms with van der Waals surface area (Å²) in [5.74, 6) is 0.594. The summed E-state index contributed by atoms with van der Waals surface area (Å²) in [7, 11) is 0. The zero-order chi connectivity index (χ0) is 24.1. The number of amides is 2. The Morgan fingerprint density at radius 1 is 1.00 bits per heavy atom. The van der Waals surface area contributed by atoms with Crippen molar-refractivity contribution in [2.75, 3.05) is 39.4 Å². The molecule has 4 rings (SSSR count). The third kappa shape index (κ3) is 4.93. The van der Waals surface area contributed by atoms with Crippen LogP contribution in [0.25, 0.3) is 27.7 Å². The summed E-state index contributed by atoms with van der Waals surface area (Å²) in [6, 6.07) is 14.0. The van der Waals surface area contributed by atoms with Crippen molar-refractivity contribution in [3.05, 3.63) is 60.4 Å². The topological polar surface area (TPSA) is 72.2 Å². The minimum Gasteiger partial charge on any atom is -0.493 e. The van der Waals surface area contributed by atoms with Crippen LogP contribution in [-0.2, 0) is 9.53 Å². The van der Waals surface area contributed by atoms with Crippen LogP contribution in [0, 0.1) is 0 Å². The summed E-state index contributed by atoms with van der Waals surface area (Å²) < 4.78 is 16.8. The Morgan fingerprint density at radius 3 is 2.38 bits per heavy atom. The van der Waals surface area contributed by atoms with Crippen LogP contribution >= 0.6 is 0 Å². The smallest absolute Gasteiger partial charge is 0.409 e. The molecule has 0 saturated carbocycles. The Bertz CT molecular complexity index is 1190. The van der Waals surface area contributed by atoms with Crippen molar-refractivity contribution in [2.24, 2.45) is 0 Å². The molecule has 0 bridgehead atoms. The number of rotatable bonds is 6. The van der Waals surface area contributed by atoms with Crippen molar-refractivity contribution >= 4 is 28.5 Å². The number of benzene rings is 2. The Kier molecular flexibility index (Phi) is 7.21. The number of carbonyl (C=O) groups excluding carboxylic acids is 2. The molecule has 0 N–H and O–H groups in total. The van der Waals surface area contributed by atoms with E-state index in [0.29, 0.717) is 45.1 Å². The molecule has 7 nitrogen and oxygen atoms in total. The average Bonchev–Trinajstić information content (AvgIpc) is 3.27. The summed E-state index contributed by atoms with van der Waals surface area (Å²) in [4.78, 5) is 28.3. The van der Waals surface area contributed by atoms with E-state index in [4.69, 9.17) is 13.9 Å². The number of ether oxygens (including phenoxy) is 2. The van der Waals surface area contributed by atoms with Gasteiger partial charge in [0.15, 0.2) is 0 Å². The fourth-order valence-corrected chi connectivity index (χ4v) is 4.16. The maximum atomic E-state index is 13.0. The van der Waals surface area contributed by atoms with Gasteiger partial charge in [0.25, 0.3) is 0 Å². The van der Waals surface area contributed by atoms with Crippen LogP contribution in [0.2, 0.25) is 0 Å². The lowest BCUT2D eigenvalue weighted by molar-refractivity contribution is -0.127. The van der Waals surface area contributed by atoms with E-state index in [1.807, 2.05) is 56.3 Å². The standard InChI is InChI=1S/C27H30N2O5/c1-4-32-24-17-25-22(23(18-34-25)20-9-7-6-8-10-20)16-21(24)19(3)15-26(30)28-11-13-29(14-12-28)27(31)33-5-2/h6-10,15-18H,4-5,11-14H2,1-3H3/b19-15+. The first-order valence-electron chi connectivity index (χ1n) is 11.6. The molecule has 7 heteroatoms. The maximum absolute atomic E-state index is 13.0. The molecule has 2 amide bonds. The Morgan fingerprint density at radius 2 is 1.71 bits per heavy atom. The Hall–Kier alpha value is -3.74. The van der Waals surface area contributed by atoms with Gasteiger partial charge in [0, 0.05) is 54.8 Å². The van der Waals surface area contributed by atoms with Gasteiger partial charge < -0.3 is 23.7 Å². The van der Waals surface area contributed by atoms with Gasteiger partial charge in [-0.15, -0.1) is 0 Å². The van der Waals surface area contributed by atoms with Gasteiger partial charge in [-0.25, -0.2) is 4.79 Å². The van der Waals surface area contributed by atoms with Crippen molar-refractivity contribution in [3.63, 3.8) is 0 Å². The number of fused-ring (bicyclic) bond motifs is 1. The lowest BCUT2D eigenvalue weighted by Gasteiger charge is -2.33. The maximum Gasteiger partial charge on any atom is 0.409 e. The van der Waals surface area contributed by atoms with Crippen LogP contribution in [0.5, 0.6) is 5.75 Å². The zero-order valence-electron chi connectivity index (χ0n) is 19.9. The second kappa shape index (κ2) is 10.5. The van der Waals surface area contributed by atoms with Crippen molar-refractivity contribution < 1.29 is 23.5 Å². The van der Waals surface area contributed by atoms with Crippen LogP contribution in [-0.4, -0.2) is 61.2 Å². The molecular weight excluding hydrogens is 432 g/mol. The van der Waals surface area contributed by atoms with E-state index in [9.17, 15) is 9.59 Å². The number of furan rings is 1. The number of nitrogens with zero attached hydrogens (tertiary/aromatic N) is 2. The summed E-state index contributed by atoms with van der Waals surface area (Å²) >= 11 is 0. The van der Waals surface area contributed by atoms with Gasteiger partial charge in [0.1, 0.15) is 11.3 Å². The van der Waals surface area contributed by atoms with Gasteiger partial charge >= 0.3 is 6.09 Å². The van der Waals surface area contributed by atoms with E-state index >= 15 is 0 Å². The highest BCUT2D eigenvalue weighted by molar-refractivity contribution is 6.00. The fourth-order valence-electron chi connectivity index (χ4n) is 4.16. The predicted octanol–water partition coefficient (Wildman–Crippen LogP) is 5.20. The number of allylic oxidation sites excluding steroid dienone is 1. The van der Waals surface area contributed by atoms with Gasteiger partial charge in [-0.2, -0.15) is 0 Å². The Balaban J connectivity index is 1.59. The van der Waals surface area contributed by atoms with Crippen molar-refractivity contribution in [3.8, 4) is 16.9 Å². The van der Waals surface area contributed by atoms with Crippen LogP contribution in [0.15, 0.2) is 59.2 Å². The lowest BCUT2D eigenvalue weighted by atomic mass is 9.99. The molecule has 2 heterocycles. The monoisotopic (exact) mass is 462 g/mol. The third-order valence-electron chi connectivity index (χ3n) is 5.94. The van der Waals surface area contributed by atoms with Crippen LogP contribution < -0.4 is 4.74 Å². The van der Waals surface area contributed by atoms with E-state index in [1.165, 1.54) is 0 Å². The zero-order valence-corrected chi connectivity index (χ0v) is 19.9. The summed E-state index contributed by atoms with van der Waals surface area (Å²) in [5, 5.41) is 0.966. The Labute approximate surface area is 199 Å². The van der Waals surface area contributed by atoms with Crippen LogP contribution in [0.3, 0.4) is 0 Å². The molecule has 1 fully saturated rings. The SMILES string of the molecule is CCOC(=O)N1CCN(C(=O)/C=C(\C)c2cc3c(-c4ccccc4)coc3cc2OCC)CC1. The second-order valence-corrected chi connectivity index (χ2v) is 8.13. The van der Waals surface area contributed by atoms with Crippen LogP contribution in [0.4, 0.5) is 4.79 Å². The van der Waals surface area contributed by atoms with E-state index in [-0.39, 0.29) is 12.0 Å². The highest BCUT2D eigenvalue weighted by atomic mass is 16.6. The average molecular weight is 463 g/mol. The van der Waals surface area contributed by atoms with Gasteiger partial charge in [-0.05, 0) is 38.0 Å². The number of carbonyl (C=O) groups is 2. The summed E-state index contributed by atoms with van der Waals surface area (Å²) in [5.41, 5.74) is 4.46. The number of piperazine rings is 1. The predicted molar refractivity (Wildman–Crippen MR) is 132 cm³/mol. The fraction of sp³-hybridized carbons (Fsp3) is 0.333. The third-order valence-corrected chi connectivity index (χ3v) is 5.94. The number of hydrogen-bond donors (Lipinski definition) is 0. The molecule has 1 aromatic heterocycles. The minimum absolute atomic E-state index is 0.0842. The lowest BCUT2D eigenvalue weighted by Crippen LogP contribution is -2.50. The minimum atomic E-state index is -0.328. The first-order chi connectivity index (χ1) is 16.5. The molecule has 3 aromatic rings. The summed E-state index contributed by atoms with van der Waals surface area (Å²) in [6.45, 7) is 8.34. The van der Waals surface area contributed by atoms with Crippen molar-refractivity contribution in [1.82, 2.24) is 9.80 Å². The molecule has 34 heavy (non-hydrogen) atoms. The first kappa shape index (κ1) is 23.4. The second-order valence-electron chi connectivity index (χ2n) is 8.13. The highest BCUT2D eigenvalue weighted by Crippen LogP contribution is 2.37. The molecule has 0 aliphatic carbocycles. The number of hydrogen-bond acceptors (Lipinski definition) is 5. The van der Waals surface area contributed by atoms with E-state index < -0.39 is 0 Å². The van der Waals surface area contributed by atoms with Crippen molar-refractivity contribution in [1.29, 1.82) is 0 Å². The quantitative estimate of drug-likeness (QED) is 0.471. The van der Waals surface area contributed by atoms with Gasteiger partial charge in [-0.1, -0.05) is 30.3 Å².